The molecule has 6 atom stereocenters. The van der Waals surface area contributed by atoms with Crippen LogP contribution in [0.3, 0.4) is 0 Å². The van der Waals surface area contributed by atoms with Gasteiger partial charge in [-0.15, -0.1) is 0 Å². The molecule has 1 rings (SSSR count). The van der Waals surface area contributed by atoms with E-state index < -0.39 is 49.4 Å². The van der Waals surface area contributed by atoms with Gasteiger partial charge in [0.15, 0.2) is 12.4 Å². The molecule has 0 radical (unpaired) electrons. The molecule has 0 aliphatic carbocycles. The van der Waals surface area contributed by atoms with Crippen LogP contribution < -0.4 is 0 Å². The molecular formula is C45H82O10. The molecule has 322 valence electrons. The first-order valence-electron chi connectivity index (χ1n) is 22.4. The van der Waals surface area contributed by atoms with Gasteiger partial charge in [0.05, 0.1) is 13.2 Å². The van der Waals surface area contributed by atoms with Gasteiger partial charge in [0.2, 0.25) is 0 Å². The minimum absolute atomic E-state index is 0.218. The molecule has 4 N–H and O–H groups in total. The zero-order valence-electron chi connectivity index (χ0n) is 34.9. The van der Waals surface area contributed by atoms with E-state index in [-0.39, 0.29) is 32.0 Å². The number of rotatable bonds is 37. The van der Waals surface area contributed by atoms with Crippen molar-refractivity contribution in [3.05, 3.63) is 24.3 Å². The van der Waals surface area contributed by atoms with Crippen molar-refractivity contribution in [2.45, 2.75) is 230 Å². The summed E-state index contributed by atoms with van der Waals surface area (Å²) in [7, 11) is 0. The molecule has 0 amide bonds. The lowest BCUT2D eigenvalue weighted by Crippen LogP contribution is -2.59. The summed E-state index contributed by atoms with van der Waals surface area (Å²) in [6, 6.07) is 0. The van der Waals surface area contributed by atoms with Gasteiger partial charge in [0, 0.05) is 12.8 Å². The summed E-state index contributed by atoms with van der Waals surface area (Å²) < 4.78 is 22.1. The van der Waals surface area contributed by atoms with Crippen molar-refractivity contribution in [3.8, 4) is 0 Å². The predicted molar refractivity (Wildman–Crippen MR) is 219 cm³/mol. The van der Waals surface area contributed by atoms with Gasteiger partial charge < -0.3 is 39.4 Å². The van der Waals surface area contributed by atoms with Crippen LogP contribution in [0.2, 0.25) is 0 Å². The number of allylic oxidation sites excluding steroid dienone is 4. The maximum Gasteiger partial charge on any atom is 0.306 e. The van der Waals surface area contributed by atoms with Gasteiger partial charge in [0.1, 0.15) is 31.0 Å². The molecule has 2 unspecified atom stereocenters. The highest BCUT2D eigenvalue weighted by atomic mass is 16.7. The van der Waals surface area contributed by atoms with Gasteiger partial charge in [-0.2, -0.15) is 0 Å². The average molecular weight is 783 g/mol. The smallest absolute Gasteiger partial charge is 0.306 e. The molecule has 0 bridgehead atoms. The van der Waals surface area contributed by atoms with Crippen LogP contribution in [0.4, 0.5) is 0 Å². The molecule has 10 heteroatoms. The Morgan fingerprint density at radius 3 is 1.55 bits per heavy atom. The van der Waals surface area contributed by atoms with Crippen LogP contribution in [0, 0.1) is 0 Å². The fraction of sp³-hybridized carbons (Fsp3) is 0.867. The van der Waals surface area contributed by atoms with Crippen LogP contribution in [-0.2, 0) is 28.5 Å². The van der Waals surface area contributed by atoms with Crippen molar-refractivity contribution < 1.29 is 49.0 Å². The van der Waals surface area contributed by atoms with Crippen LogP contribution >= 0.6 is 0 Å². The van der Waals surface area contributed by atoms with E-state index in [0.29, 0.717) is 6.42 Å². The predicted octanol–water partition coefficient (Wildman–Crippen LogP) is 9.33. The second kappa shape index (κ2) is 36.5. The van der Waals surface area contributed by atoms with Crippen LogP contribution in [-0.4, -0.2) is 89.0 Å². The number of ether oxygens (including phenoxy) is 4. The van der Waals surface area contributed by atoms with E-state index in [1.807, 2.05) is 0 Å². The number of hydrogen-bond donors (Lipinski definition) is 4. The quantitative estimate of drug-likeness (QED) is 0.0273. The third kappa shape index (κ3) is 28.3. The molecule has 1 fully saturated rings. The van der Waals surface area contributed by atoms with E-state index in [1.54, 1.807) is 0 Å². The Labute approximate surface area is 334 Å². The maximum absolute atomic E-state index is 12.7. The SMILES string of the molecule is CCCCC/C=C/C/C=C/CCCCCCCCCC(=O)OC[C@@H](CO[C@H]1O[C@@H](CO)[C@@H](O)C(O)C1O)OC(=O)CCCCCCCCCCCCCCC. The molecule has 55 heavy (non-hydrogen) atoms. The fourth-order valence-electron chi connectivity index (χ4n) is 6.75. The Kier molecular flexibility index (Phi) is 34.0. The number of esters is 2. The first-order valence-corrected chi connectivity index (χ1v) is 22.4. The van der Waals surface area contributed by atoms with Crippen LogP contribution in [0.15, 0.2) is 24.3 Å². The minimum atomic E-state index is -1.59. The zero-order chi connectivity index (χ0) is 40.2. The van der Waals surface area contributed by atoms with Gasteiger partial charge in [-0.05, 0) is 44.9 Å². The third-order valence-electron chi connectivity index (χ3n) is 10.3. The van der Waals surface area contributed by atoms with Gasteiger partial charge in [0.25, 0.3) is 0 Å². The molecule has 1 aliphatic heterocycles. The third-order valence-corrected chi connectivity index (χ3v) is 10.3. The first kappa shape index (κ1) is 51.2. The Morgan fingerprint density at radius 2 is 1.02 bits per heavy atom. The molecule has 10 nitrogen and oxygen atoms in total. The summed E-state index contributed by atoms with van der Waals surface area (Å²) in [6.45, 7) is 3.39. The number of hydrogen-bond acceptors (Lipinski definition) is 10. The summed E-state index contributed by atoms with van der Waals surface area (Å²) in [5.74, 6) is -0.809. The summed E-state index contributed by atoms with van der Waals surface area (Å²) in [5, 5.41) is 40.0. The molecular weight excluding hydrogens is 700 g/mol. The Balaban J connectivity index is 2.32. The Hall–Kier alpha value is -1.82. The topological polar surface area (TPSA) is 152 Å². The van der Waals surface area contributed by atoms with Crippen LogP contribution in [0.5, 0.6) is 0 Å². The molecule has 1 saturated heterocycles. The van der Waals surface area contributed by atoms with Gasteiger partial charge in [-0.3, -0.25) is 9.59 Å². The largest absolute Gasteiger partial charge is 0.462 e. The minimum Gasteiger partial charge on any atom is -0.462 e. The fourth-order valence-corrected chi connectivity index (χ4v) is 6.75. The van der Waals surface area contributed by atoms with E-state index in [9.17, 15) is 30.0 Å². The highest BCUT2D eigenvalue weighted by Gasteiger charge is 2.44. The second-order valence-corrected chi connectivity index (χ2v) is 15.5. The zero-order valence-corrected chi connectivity index (χ0v) is 34.9. The molecule has 1 heterocycles. The van der Waals surface area contributed by atoms with Crippen molar-refractivity contribution in [1.29, 1.82) is 0 Å². The number of carbonyl (C=O) groups excluding carboxylic acids is 2. The second-order valence-electron chi connectivity index (χ2n) is 15.5. The van der Waals surface area contributed by atoms with Gasteiger partial charge >= 0.3 is 11.9 Å². The lowest BCUT2D eigenvalue weighted by Gasteiger charge is -2.39. The highest BCUT2D eigenvalue weighted by Crippen LogP contribution is 2.23. The standard InChI is InChI=1S/C45H82O10/c1-3-5-7-9-11-13-15-17-18-19-20-22-23-25-27-29-31-33-40(47)52-36-38(37-53-45-44(51)43(50)42(49)39(35-46)55-45)54-41(48)34-32-30-28-26-24-21-16-14-12-10-8-6-4-2/h11,13,17-18,38-39,42-46,49-51H,3-10,12,14-16,19-37H2,1-2H3/b13-11+,18-17+/t38-,39-,42+,43?,44?,45-/m0/s1. The lowest BCUT2D eigenvalue weighted by atomic mass is 9.99. The van der Waals surface area contributed by atoms with Crippen molar-refractivity contribution in [2.75, 3.05) is 19.8 Å². The van der Waals surface area contributed by atoms with Gasteiger partial charge in [-0.25, -0.2) is 0 Å². The molecule has 0 aromatic rings. The highest BCUT2D eigenvalue weighted by molar-refractivity contribution is 5.70. The monoisotopic (exact) mass is 783 g/mol. The first-order chi connectivity index (χ1) is 26.8. The van der Waals surface area contributed by atoms with Crippen LogP contribution in [0.25, 0.3) is 0 Å². The Morgan fingerprint density at radius 1 is 0.564 bits per heavy atom. The average Bonchev–Trinajstić information content (AvgIpc) is 3.18. The molecule has 0 aromatic heterocycles. The Bertz CT molecular complexity index is 954. The number of carbonyl (C=O) groups is 2. The van der Waals surface area contributed by atoms with E-state index in [4.69, 9.17) is 18.9 Å². The number of aliphatic hydroxyl groups is 4. The summed E-state index contributed by atoms with van der Waals surface area (Å²) >= 11 is 0. The summed E-state index contributed by atoms with van der Waals surface area (Å²) in [4.78, 5) is 25.3. The van der Waals surface area contributed by atoms with Crippen molar-refractivity contribution in [3.63, 3.8) is 0 Å². The number of aliphatic hydroxyl groups excluding tert-OH is 4. The normalized spacial score (nSPS) is 20.7. The van der Waals surface area contributed by atoms with E-state index >= 15 is 0 Å². The molecule has 0 saturated carbocycles. The van der Waals surface area contributed by atoms with Crippen molar-refractivity contribution >= 4 is 11.9 Å². The lowest BCUT2D eigenvalue weighted by molar-refractivity contribution is -0.305. The van der Waals surface area contributed by atoms with E-state index in [1.165, 1.54) is 103 Å². The number of unbranched alkanes of at least 4 members (excludes halogenated alkanes) is 22. The summed E-state index contributed by atoms with van der Waals surface area (Å²) in [5.41, 5.74) is 0. The van der Waals surface area contributed by atoms with Crippen molar-refractivity contribution in [2.24, 2.45) is 0 Å². The van der Waals surface area contributed by atoms with E-state index in [0.717, 1.165) is 57.8 Å². The van der Waals surface area contributed by atoms with Crippen molar-refractivity contribution in [1.82, 2.24) is 0 Å². The van der Waals surface area contributed by atoms with Gasteiger partial charge in [-0.1, -0.05) is 160 Å². The molecule has 1 aliphatic rings. The molecule has 0 spiro atoms. The summed E-state index contributed by atoms with van der Waals surface area (Å²) in [6.07, 6.45) is 31.8. The van der Waals surface area contributed by atoms with E-state index in [2.05, 4.69) is 38.2 Å². The molecule has 0 aromatic carbocycles. The van der Waals surface area contributed by atoms with Crippen LogP contribution in [0.1, 0.15) is 194 Å². The maximum atomic E-state index is 12.7.